The number of ketones is 1. The Hall–Kier alpha value is -1.67. The van der Waals surface area contributed by atoms with E-state index in [1.54, 1.807) is 0 Å². The Bertz CT molecular complexity index is 473. The Kier molecular flexibility index (Phi) is 2.04. The summed E-state index contributed by atoms with van der Waals surface area (Å²) in [6.45, 7) is 0. The molecule has 0 bridgehead atoms. The fourth-order valence-electron chi connectivity index (χ4n) is 2.10. The summed E-state index contributed by atoms with van der Waals surface area (Å²) in [4.78, 5) is 12.0. The molecule has 80 valence electrons. The number of allylic oxidation sites excluding steroid dienone is 2. The summed E-state index contributed by atoms with van der Waals surface area (Å²) in [7, 11) is 0. The van der Waals surface area contributed by atoms with E-state index in [9.17, 15) is 4.79 Å². The van der Waals surface area contributed by atoms with E-state index >= 15 is 0 Å². The van der Waals surface area contributed by atoms with Crippen molar-refractivity contribution in [1.82, 2.24) is 0 Å². The number of carbonyl (C=O) groups excluding carboxylic acids is 1. The van der Waals surface area contributed by atoms with E-state index in [4.69, 9.17) is 4.74 Å². The minimum absolute atomic E-state index is 0.102. The largest absolute Gasteiger partial charge is 0.357 e. The van der Waals surface area contributed by atoms with Crippen molar-refractivity contribution in [3.05, 3.63) is 60.2 Å². The van der Waals surface area contributed by atoms with Gasteiger partial charge in [-0.1, -0.05) is 48.6 Å². The zero-order chi connectivity index (χ0) is 11.0. The third-order valence-corrected chi connectivity index (χ3v) is 3.08. The van der Waals surface area contributed by atoms with Crippen LogP contribution in [0.5, 0.6) is 0 Å². The molecule has 2 atom stereocenters. The number of rotatable bonds is 3. The molecule has 0 radical (unpaired) electrons. The lowest BCUT2D eigenvalue weighted by Crippen LogP contribution is -2.18. The van der Waals surface area contributed by atoms with Crippen molar-refractivity contribution in [2.24, 2.45) is 0 Å². The van der Waals surface area contributed by atoms with Crippen LogP contribution in [0.3, 0.4) is 0 Å². The molecule has 1 aliphatic heterocycles. The van der Waals surface area contributed by atoms with Gasteiger partial charge in [0.05, 0.1) is 0 Å². The molecule has 1 heterocycles. The summed E-state index contributed by atoms with van der Waals surface area (Å²) in [5, 5.41) is 0. The number of fused-ring (bicyclic) bond motifs is 1. The third kappa shape index (κ3) is 1.51. The molecule has 0 saturated carbocycles. The molecule has 0 N–H and O–H groups in total. The first kappa shape index (κ1) is 9.55. The smallest absolute Gasteiger partial charge is 0.166 e. The lowest BCUT2D eigenvalue weighted by molar-refractivity contribution is 0.0958. The Morgan fingerprint density at radius 3 is 2.81 bits per heavy atom. The van der Waals surface area contributed by atoms with Crippen molar-refractivity contribution >= 4 is 5.78 Å². The van der Waals surface area contributed by atoms with Crippen LogP contribution in [-0.4, -0.2) is 17.5 Å². The van der Waals surface area contributed by atoms with Gasteiger partial charge in [0.25, 0.3) is 0 Å². The number of epoxide rings is 1. The van der Waals surface area contributed by atoms with Gasteiger partial charge in [-0.15, -0.1) is 0 Å². The summed E-state index contributed by atoms with van der Waals surface area (Å²) in [6, 6.07) is 9.37. The maximum absolute atomic E-state index is 12.0. The van der Waals surface area contributed by atoms with Crippen molar-refractivity contribution in [2.75, 3.05) is 0 Å². The second-order valence-corrected chi connectivity index (χ2v) is 4.20. The van der Waals surface area contributed by atoms with Crippen LogP contribution in [0.4, 0.5) is 0 Å². The standard InChI is InChI=1S/C14H12O2/c15-12(11-6-2-1-3-7-11)10-14-9-5-4-8-13(14)16-14/h1-9,13H,10H2. The Labute approximate surface area is 94.2 Å². The molecular weight excluding hydrogens is 200 g/mol. The first-order chi connectivity index (χ1) is 7.80. The Balaban J connectivity index is 1.75. The Morgan fingerprint density at radius 2 is 2.06 bits per heavy atom. The normalized spacial score (nSPS) is 29.9. The van der Waals surface area contributed by atoms with Crippen molar-refractivity contribution in [1.29, 1.82) is 0 Å². The minimum Gasteiger partial charge on any atom is -0.357 e. The van der Waals surface area contributed by atoms with Gasteiger partial charge >= 0.3 is 0 Å². The molecule has 16 heavy (non-hydrogen) atoms. The quantitative estimate of drug-likeness (QED) is 0.569. The fourth-order valence-corrected chi connectivity index (χ4v) is 2.10. The van der Waals surface area contributed by atoms with Gasteiger partial charge in [0.1, 0.15) is 11.7 Å². The number of hydrogen-bond donors (Lipinski definition) is 0. The predicted octanol–water partition coefficient (Wildman–Crippen LogP) is 2.52. The molecule has 1 aliphatic carbocycles. The van der Waals surface area contributed by atoms with Crippen molar-refractivity contribution in [3.63, 3.8) is 0 Å². The summed E-state index contributed by atoms with van der Waals surface area (Å²) in [5.74, 6) is 0.142. The van der Waals surface area contributed by atoms with E-state index in [2.05, 4.69) is 0 Å². The molecular formula is C14H12O2. The van der Waals surface area contributed by atoms with E-state index in [0.29, 0.717) is 6.42 Å². The van der Waals surface area contributed by atoms with Gasteiger partial charge in [-0.2, -0.15) is 0 Å². The molecule has 2 aliphatic rings. The summed E-state index contributed by atoms with van der Waals surface area (Å²) >= 11 is 0. The van der Waals surface area contributed by atoms with Gasteiger partial charge in [-0.05, 0) is 6.08 Å². The molecule has 1 aromatic carbocycles. The maximum Gasteiger partial charge on any atom is 0.166 e. The van der Waals surface area contributed by atoms with Crippen LogP contribution in [0.15, 0.2) is 54.6 Å². The highest BCUT2D eigenvalue weighted by Crippen LogP contribution is 2.44. The molecule has 0 aromatic heterocycles. The third-order valence-electron chi connectivity index (χ3n) is 3.08. The van der Waals surface area contributed by atoms with Crippen LogP contribution in [0, 0.1) is 0 Å². The van der Waals surface area contributed by atoms with E-state index in [1.165, 1.54) is 0 Å². The number of benzene rings is 1. The molecule has 2 unspecified atom stereocenters. The Morgan fingerprint density at radius 1 is 1.25 bits per heavy atom. The summed E-state index contributed by atoms with van der Waals surface area (Å²) < 4.78 is 5.56. The molecule has 2 heteroatoms. The average molecular weight is 212 g/mol. The zero-order valence-electron chi connectivity index (χ0n) is 8.80. The molecule has 1 aromatic rings. The van der Waals surface area contributed by atoms with Gasteiger partial charge in [0, 0.05) is 12.0 Å². The molecule has 1 fully saturated rings. The van der Waals surface area contributed by atoms with E-state index < -0.39 is 0 Å². The molecule has 0 spiro atoms. The lowest BCUT2D eigenvalue weighted by Gasteiger charge is -2.08. The van der Waals surface area contributed by atoms with E-state index in [1.807, 2.05) is 54.6 Å². The van der Waals surface area contributed by atoms with Gasteiger partial charge in [0.15, 0.2) is 5.78 Å². The highest BCUT2D eigenvalue weighted by Gasteiger charge is 2.54. The van der Waals surface area contributed by atoms with Crippen LogP contribution in [-0.2, 0) is 4.74 Å². The fraction of sp³-hybridized carbons (Fsp3) is 0.214. The SMILES string of the molecule is O=C(CC12C=CC=CC1O2)c1ccccc1. The number of Topliss-reactive ketones (excluding diaryl/α,β-unsaturated/α-hetero) is 1. The topological polar surface area (TPSA) is 29.6 Å². The number of ether oxygens (including phenoxy) is 1. The molecule has 3 rings (SSSR count). The van der Waals surface area contributed by atoms with Crippen molar-refractivity contribution in [3.8, 4) is 0 Å². The van der Waals surface area contributed by atoms with Gasteiger partial charge in [-0.25, -0.2) is 0 Å². The predicted molar refractivity (Wildman–Crippen MR) is 61.3 cm³/mol. The second kappa shape index (κ2) is 3.42. The van der Waals surface area contributed by atoms with Crippen LogP contribution in [0.2, 0.25) is 0 Å². The van der Waals surface area contributed by atoms with Crippen molar-refractivity contribution in [2.45, 2.75) is 18.1 Å². The van der Waals surface area contributed by atoms with Crippen LogP contribution in [0.1, 0.15) is 16.8 Å². The lowest BCUT2D eigenvalue weighted by atomic mass is 9.92. The second-order valence-electron chi connectivity index (χ2n) is 4.20. The van der Waals surface area contributed by atoms with Gasteiger partial charge in [0.2, 0.25) is 0 Å². The number of hydrogen-bond acceptors (Lipinski definition) is 2. The van der Waals surface area contributed by atoms with Crippen LogP contribution in [0.25, 0.3) is 0 Å². The first-order valence-electron chi connectivity index (χ1n) is 5.42. The maximum atomic E-state index is 12.0. The minimum atomic E-state index is -0.346. The average Bonchev–Trinajstić information content (AvgIpc) is 3.04. The van der Waals surface area contributed by atoms with Crippen molar-refractivity contribution < 1.29 is 9.53 Å². The highest BCUT2D eigenvalue weighted by atomic mass is 16.6. The number of carbonyl (C=O) groups is 1. The first-order valence-corrected chi connectivity index (χ1v) is 5.42. The summed E-state index contributed by atoms with van der Waals surface area (Å²) in [6.07, 6.45) is 8.43. The van der Waals surface area contributed by atoms with Gasteiger partial charge < -0.3 is 4.74 Å². The van der Waals surface area contributed by atoms with Gasteiger partial charge in [-0.3, -0.25) is 4.79 Å². The molecule has 0 amide bonds. The zero-order valence-corrected chi connectivity index (χ0v) is 8.80. The molecule has 1 saturated heterocycles. The van der Waals surface area contributed by atoms with E-state index in [0.717, 1.165) is 5.56 Å². The van der Waals surface area contributed by atoms with Crippen LogP contribution >= 0.6 is 0 Å². The monoisotopic (exact) mass is 212 g/mol. The molecule has 2 nitrogen and oxygen atoms in total. The van der Waals surface area contributed by atoms with E-state index in [-0.39, 0.29) is 17.5 Å². The highest BCUT2D eigenvalue weighted by molar-refractivity contribution is 5.97. The van der Waals surface area contributed by atoms with Crippen LogP contribution < -0.4 is 0 Å². The summed E-state index contributed by atoms with van der Waals surface area (Å²) in [5.41, 5.74) is 0.413.